The molecule has 3 rings (SSSR count). The minimum Gasteiger partial charge on any atom is -0.371 e. The van der Waals surface area contributed by atoms with E-state index >= 15 is 0 Å². The van der Waals surface area contributed by atoms with Gasteiger partial charge in [-0.1, -0.05) is 11.6 Å². The van der Waals surface area contributed by atoms with Gasteiger partial charge in [0.1, 0.15) is 5.69 Å². The SMILES string of the molecule is O=C(Nc1ccc(Cl)cc1C(F)(F)F)c1cc(N2CCCC2)ccn1. The van der Waals surface area contributed by atoms with Gasteiger partial charge in [-0.05, 0) is 43.2 Å². The lowest BCUT2D eigenvalue weighted by molar-refractivity contribution is -0.136. The molecule has 0 radical (unpaired) electrons. The summed E-state index contributed by atoms with van der Waals surface area (Å²) in [4.78, 5) is 18.4. The Kier molecular flexibility index (Phi) is 4.85. The molecule has 1 aliphatic heterocycles. The molecule has 0 aliphatic carbocycles. The molecule has 1 saturated heterocycles. The van der Waals surface area contributed by atoms with Gasteiger partial charge in [-0.25, -0.2) is 0 Å². The number of carbonyl (C=O) groups excluding carboxylic acids is 1. The molecule has 1 amide bonds. The number of pyridine rings is 1. The molecule has 1 fully saturated rings. The van der Waals surface area contributed by atoms with Crippen LogP contribution in [0.2, 0.25) is 5.02 Å². The Morgan fingerprint density at radius 2 is 1.88 bits per heavy atom. The lowest BCUT2D eigenvalue weighted by Gasteiger charge is -2.18. The summed E-state index contributed by atoms with van der Waals surface area (Å²) in [7, 11) is 0. The van der Waals surface area contributed by atoms with Crippen LogP contribution in [0.1, 0.15) is 28.9 Å². The fraction of sp³-hybridized carbons (Fsp3) is 0.294. The summed E-state index contributed by atoms with van der Waals surface area (Å²) in [5.74, 6) is -0.700. The number of halogens is 4. The lowest BCUT2D eigenvalue weighted by atomic mass is 10.1. The van der Waals surface area contributed by atoms with Gasteiger partial charge in [-0.2, -0.15) is 13.2 Å². The van der Waals surface area contributed by atoms with Gasteiger partial charge in [-0.3, -0.25) is 9.78 Å². The van der Waals surface area contributed by atoms with Crippen LogP contribution in [-0.4, -0.2) is 24.0 Å². The van der Waals surface area contributed by atoms with E-state index in [4.69, 9.17) is 11.6 Å². The number of hydrogen-bond acceptors (Lipinski definition) is 3. The second kappa shape index (κ2) is 6.92. The van der Waals surface area contributed by atoms with Gasteiger partial charge in [0.15, 0.2) is 0 Å². The van der Waals surface area contributed by atoms with E-state index < -0.39 is 17.6 Å². The Morgan fingerprint density at radius 3 is 2.56 bits per heavy atom. The van der Waals surface area contributed by atoms with Crippen molar-refractivity contribution >= 4 is 28.9 Å². The summed E-state index contributed by atoms with van der Waals surface area (Å²) < 4.78 is 39.4. The Bertz CT molecular complexity index is 789. The molecule has 2 heterocycles. The van der Waals surface area contributed by atoms with Gasteiger partial charge in [0, 0.05) is 30.0 Å². The van der Waals surface area contributed by atoms with Crippen molar-refractivity contribution in [1.82, 2.24) is 4.98 Å². The van der Waals surface area contributed by atoms with E-state index in [1.165, 1.54) is 12.3 Å². The summed E-state index contributed by atoms with van der Waals surface area (Å²) in [5, 5.41) is 2.22. The van der Waals surface area contributed by atoms with E-state index in [1.807, 2.05) is 0 Å². The number of aromatic nitrogens is 1. The molecule has 0 atom stereocenters. The van der Waals surface area contributed by atoms with Crippen LogP contribution in [0.5, 0.6) is 0 Å². The van der Waals surface area contributed by atoms with Crippen LogP contribution < -0.4 is 10.2 Å². The Labute approximate surface area is 147 Å². The topological polar surface area (TPSA) is 45.2 Å². The Morgan fingerprint density at radius 1 is 1.16 bits per heavy atom. The van der Waals surface area contributed by atoms with Gasteiger partial charge in [0.05, 0.1) is 11.3 Å². The molecule has 25 heavy (non-hydrogen) atoms. The average Bonchev–Trinajstić information content (AvgIpc) is 3.10. The van der Waals surface area contributed by atoms with E-state index in [9.17, 15) is 18.0 Å². The van der Waals surface area contributed by atoms with Gasteiger partial charge < -0.3 is 10.2 Å². The third-order valence-electron chi connectivity index (χ3n) is 3.98. The highest BCUT2D eigenvalue weighted by atomic mass is 35.5. The third kappa shape index (κ3) is 4.04. The fourth-order valence-electron chi connectivity index (χ4n) is 2.76. The summed E-state index contributed by atoms with van der Waals surface area (Å²) in [6.07, 6.45) is -0.999. The molecule has 1 aromatic carbocycles. The van der Waals surface area contributed by atoms with E-state index in [2.05, 4.69) is 15.2 Å². The maximum atomic E-state index is 13.1. The van der Waals surface area contributed by atoms with Crippen molar-refractivity contribution in [2.24, 2.45) is 0 Å². The molecule has 4 nitrogen and oxygen atoms in total. The zero-order valence-electron chi connectivity index (χ0n) is 13.1. The van der Waals surface area contributed by atoms with E-state index in [0.717, 1.165) is 43.8 Å². The highest BCUT2D eigenvalue weighted by Gasteiger charge is 2.34. The Hall–Kier alpha value is -2.28. The maximum absolute atomic E-state index is 13.1. The molecule has 0 unspecified atom stereocenters. The van der Waals surface area contributed by atoms with E-state index in [-0.39, 0.29) is 16.4 Å². The lowest BCUT2D eigenvalue weighted by Crippen LogP contribution is -2.20. The molecule has 0 spiro atoms. The maximum Gasteiger partial charge on any atom is 0.418 e. The fourth-order valence-corrected chi connectivity index (χ4v) is 2.93. The summed E-state index contributed by atoms with van der Waals surface area (Å²) in [6, 6.07) is 6.58. The quantitative estimate of drug-likeness (QED) is 0.859. The van der Waals surface area contributed by atoms with Crippen molar-refractivity contribution < 1.29 is 18.0 Å². The highest BCUT2D eigenvalue weighted by molar-refractivity contribution is 6.30. The molecule has 1 aromatic heterocycles. The predicted molar refractivity (Wildman–Crippen MR) is 90.1 cm³/mol. The van der Waals surface area contributed by atoms with Crippen molar-refractivity contribution in [3.05, 3.63) is 52.8 Å². The van der Waals surface area contributed by atoms with E-state index in [0.29, 0.717) is 0 Å². The first kappa shape index (κ1) is 17.5. The van der Waals surface area contributed by atoms with Crippen LogP contribution in [0, 0.1) is 0 Å². The molecule has 1 aliphatic rings. The van der Waals surface area contributed by atoms with E-state index in [1.54, 1.807) is 12.1 Å². The number of anilines is 2. The molecule has 132 valence electrons. The summed E-state index contributed by atoms with van der Waals surface area (Å²) in [6.45, 7) is 1.78. The second-order valence-electron chi connectivity index (χ2n) is 5.74. The van der Waals surface area contributed by atoms with Crippen LogP contribution in [-0.2, 0) is 6.18 Å². The molecule has 2 aromatic rings. The molecule has 1 N–H and O–H groups in total. The normalized spacial score (nSPS) is 14.6. The number of amides is 1. The van der Waals surface area contributed by atoms with Gasteiger partial charge in [0.2, 0.25) is 0 Å². The van der Waals surface area contributed by atoms with Crippen LogP contribution in [0.25, 0.3) is 0 Å². The van der Waals surface area contributed by atoms with Crippen molar-refractivity contribution in [3.8, 4) is 0 Å². The minimum absolute atomic E-state index is 0.0560. The standard InChI is InChI=1S/C17H15ClF3N3O/c18-11-3-4-14(13(9-11)17(19,20)21)23-16(25)15-10-12(5-6-22-15)24-7-1-2-8-24/h3-6,9-10H,1-2,7-8H2,(H,23,25). The third-order valence-corrected chi connectivity index (χ3v) is 4.22. The average molecular weight is 370 g/mol. The minimum atomic E-state index is -4.63. The number of rotatable bonds is 3. The smallest absolute Gasteiger partial charge is 0.371 e. The first-order valence-electron chi connectivity index (χ1n) is 7.74. The van der Waals surface area contributed by atoms with Crippen molar-refractivity contribution in [2.45, 2.75) is 19.0 Å². The van der Waals surface area contributed by atoms with Gasteiger partial charge in [-0.15, -0.1) is 0 Å². The number of alkyl halides is 3. The highest BCUT2D eigenvalue weighted by Crippen LogP contribution is 2.36. The number of nitrogens with one attached hydrogen (secondary N) is 1. The molecular weight excluding hydrogens is 355 g/mol. The summed E-state index contributed by atoms with van der Waals surface area (Å²) in [5.41, 5.74) is -0.448. The molecule has 8 heteroatoms. The van der Waals surface area contributed by atoms with Crippen LogP contribution in [0.3, 0.4) is 0 Å². The second-order valence-corrected chi connectivity index (χ2v) is 6.17. The molecule has 0 saturated carbocycles. The molecular formula is C17H15ClF3N3O. The van der Waals surface area contributed by atoms with Crippen molar-refractivity contribution in [1.29, 1.82) is 0 Å². The zero-order valence-corrected chi connectivity index (χ0v) is 13.9. The monoisotopic (exact) mass is 369 g/mol. The number of benzene rings is 1. The van der Waals surface area contributed by atoms with Gasteiger partial charge >= 0.3 is 6.18 Å². The zero-order chi connectivity index (χ0) is 18.0. The number of carbonyl (C=O) groups is 1. The van der Waals surface area contributed by atoms with Gasteiger partial charge in [0.25, 0.3) is 5.91 Å². The largest absolute Gasteiger partial charge is 0.418 e. The van der Waals surface area contributed by atoms with Crippen LogP contribution in [0.4, 0.5) is 24.5 Å². The Balaban J connectivity index is 1.84. The predicted octanol–water partition coefficient (Wildman–Crippen LogP) is 4.61. The number of hydrogen-bond donors (Lipinski definition) is 1. The van der Waals surface area contributed by atoms with Crippen molar-refractivity contribution in [2.75, 3.05) is 23.3 Å². The van der Waals surface area contributed by atoms with Crippen LogP contribution in [0.15, 0.2) is 36.5 Å². The summed E-state index contributed by atoms with van der Waals surface area (Å²) >= 11 is 5.64. The van der Waals surface area contributed by atoms with Crippen LogP contribution >= 0.6 is 11.6 Å². The first-order valence-corrected chi connectivity index (χ1v) is 8.11. The number of nitrogens with zero attached hydrogens (tertiary/aromatic N) is 2. The first-order chi connectivity index (χ1) is 11.8. The van der Waals surface area contributed by atoms with Crippen molar-refractivity contribution in [3.63, 3.8) is 0 Å². The molecule has 0 bridgehead atoms.